The SMILES string of the molecule is COc1ccc(OC)c(S(=O)(=O)N[C@H]2CCSc3c(F)cccc32)c1. The van der Waals surface area contributed by atoms with E-state index in [0.717, 1.165) is 0 Å². The van der Waals surface area contributed by atoms with Gasteiger partial charge in [-0.25, -0.2) is 17.5 Å². The third kappa shape index (κ3) is 3.61. The molecule has 1 atom stereocenters. The molecule has 2 aromatic carbocycles. The summed E-state index contributed by atoms with van der Waals surface area (Å²) in [5.74, 6) is 0.936. The maximum Gasteiger partial charge on any atom is 0.244 e. The van der Waals surface area contributed by atoms with Gasteiger partial charge in [-0.05, 0) is 35.9 Å². The van der Waals surface area contributed by atoms with Crippen LogP contribution in [0.1, 0.15) is 18.0 Å². The van der Waals surface area contributed by atoms with Gasteiger partial charge in [0.2, 0.25) is 10.0 Å². The second-order valence-electron chi connectivity index (χ2n) is 5.49. The van der Waals surface area contributed by atoms with Crippen LogP contribution in [0.4, 0.5) is 4.39 Å². The molecule has 134 valence electrons. The number of ether oxygens (including phenoxy) is 2. The molecule has 8 heteroatoms. The van der Waals surface area contributed by atoms with Crippen LogP contribution in [0.3, 0.4) is 0 Å². The van der Waals surface area contributed by atoms with Gasteiger partial charge >= 0.3 is 0 Å². The number of halogens is 1. The van der Waals surface area contributed by atoms with E-state index in [1.54, 1.807) is 18.2 Å². The Morgan fingerprint density at radius 2 is 2.00 bits per heavy atom. The Bertz CT molecular complexity index is 886. The van der Waals surface area contributed by atoms with E-state index >= 15 is 0 Å². The van der Waals surface area contributed by atoms with Gasteiger partial charge in [0.25, 0.3) is 0 Å². The van der Waals surface area contributed by atoms with Crippen LogP contribution in [0.2, 0.25) is 0 Å². The molecule has 0 fully saturated rings. The number of methoxy groups -OCH3 is 2. The number of fused-ring (bicyclic) bond motifs is 1. The molecule has 2 aromatic rings. The fourth-order valence-corrected chi connectivity index (χ4v) is 5.33. The van der Waals surface area contributed by atoms with Gasteiger partial charge < -0.3 is 9.47 Å². The van der Waals surface area contributed by atoms with Crippen LogP contribution in [0.15, 0.2) is 46.2 Å². The van der Waals surface area contributed by atoms with Crippen LogP contribution in [-0.4, -0.2) is 28.4 Å². The first kappa shape index (κ1) is 18.0. The highest BCUT2D eigenvalue weighted by atomic mass is 32.2. The zero-order valence-corrected chi connectivity index (χ0v) is 15.4. The summed E-state index contributed by atoms with van der Waals surface area (Å²) in [6, 6.07) is 8.80. The van der Waals surface area contributed by atoms with Crippen LogP contribution < -0.4 is 14.2 Å². The summed E-state index contributed by atoms with van der Waals surface area (Å²) in [4.78, 5) is 0.490. The van der Waals surface area contributed by atoms with Crippen LogP contribution in [0.25, 0.3) is 0 Å². The van der Waals surface area contributed by atoms with Crippen molar-refractivity contribution in [1.29, 1.82) is 0 Å². The van der Waals surface area contributed by atoms with E-state index in [0.29, 0.717) is 28.4 Å². The van der Waals surface area contributed by atoms with Gasteiger partial charge in [0.05, 0.1) is 14.2 Å². The maximum absolute atomic E-state index is 14.0. The summed E-state index contributed by atoms with van der Waals surface area (Å²) in [5.41, 5.74) is 0.654. The monoisotopic (exact) mass is 383 g/mol. The molecule has 0 saturated heterocycles. The minimum Gasteiger partial charge on any atom is -0.497 e. The molecular formula is C17H18FNO4S2. The lowest BCUT2D eigenvalue weighted by molar-refractivity contribution is 0.391. The van der Waals surface area contributed by atoms with E-state index in [1.807, 2.05) is 0 Å². The van der Waals surface area contributed by atoms with Gasteiger partial charge in [0.15, 0.2) is 0 Å². The highest BCUT2D eigenvalue weighted by Crippen LogP contribution is 2.39. The molecule has 0 amide bonds. The molecule has 0 radical (unpaired) electrons. The van der Waals surface area contributed by atoms with Crippen LogP contribution in [0, 0.1) is 5.82 Å². The van der Waals surface area contributed by atoms with Crippen molar-refractivity contribution in [1.82, 2.24) is 4.72 Å². The smallest absolute Gasteiger partial charge is 0.244 e. The third-order valence-electron chi connectivity index (χ3n) is 3.98. The first-order chi connectivity index (χ1) is 12.0. The van der Waals surface area contributed by atoms with Crippen molar-refractivity contribution in [3.63, 3.8) is 0 Å². The van der Waals surface area contributed by atoms with Gasteiger partial charge in [-0.2, -0.15) is 0 Å². The van der Waals surface area contributed by atoms with Crippen LogP contribution in [-0.2, 0) is 10.0 Å². The van der Waals surface area contributed by atoms with Gasteiger partial charge in [-0.1, -0.05) is 12.1 Å². The second kappa shape index (κ2) is 7.23. The summed E-state index contributed by atoms with van der Waals surface area (Å²) in [6.45, 7) is 0. The fraction of sp³-hybridized carbons (Fsp3) is 0.294. The van der Waals surface area contributed by atoms with E-state index in [2.05, 4.69) is 4.72 Å². The molecule has 3 rings (SSSR count). The van der Waals surface area contributed by atoms with Crippen molar-refractivity contribution in [3.8, 4) is 11.5 Å². The first-order valence-electron chi connectivity index (χ1n) is 7.62. The largest absolute Gasteiger partial charge is 0.497 e. The molecule has 1 aliphatic rings. The summed E-state index contributed by atoms with van der Waals surface area (Å²) in [5, 5.41) is 0. The first-order valence-corrected chi connectivity index (χ1v) is 10.1. The van der Waals surface area contributed by atoms with E-state index in [1.165, 1.54) is 44.2 Å². The molecule has 25 heavy (non-hydrogen) atoms. The van der Waals surface area contributed by atoms with Gasteiger partial charge in [0.1, 0.15) is 22.2 Å². The quantitative estimate of drug-likeness (QED) is 0.858. The third-order valence-corrected chi connectivity index (χ3v) is 6.64. The van der Waals surface area contributed by atoms with Crippen molar-refractivity contribution in [2.75, 3.05) is 20.0 Å². The molecule has 0 spiro atoms. The van der Waals surface area contributed by atoms with E-state index in [-0.39, 0.29) is 16.5 Å². The molecule has 5 nitrogen and oxygen atoms in total. The number of rotatable bonds is 5. The summed E-state index contributed by atoms with van der Waals surface area (Å²) < 4.78 is 52.7. The number of nitrogens with one attached hydrogen (secondary N) is 1. The van der Waals surface area contributed by atoms with Crippen molar-refractivity contribution in [2.45, 2.75) is 22.3 Å². The second-order valence-corrected chi connectivity index (χ2v) is 8.27. The maximum atomic E-state index is 14.0. The Morgan fingerprint density at radius 3 is 2.72 bits per heavy atom. The standard InChI is InChI=1S/C17H18FNO4S2/c1-22-11-6-7-15(23-2)16(10-11)25(20,21)19-14-8-9-24-17-12(14)4-3-5-13(17)18/h3-7,10,14,19H,8-9H2,1-2H3/t14-/m0/s1. The zero-order valence-electron chi connectivity index (χ0n) is 13.8. The molecule has 0 aromatic heterocycles. The number of thioether (sulfide) groups is 1. The fourth-order valence-electron chi connectivity index (χ4n) is 2.75. The number of benzene rings is 2. The average molecular weight is 383 g/mol. The Morgan fingerprint density at radius 1 is 1.20 bits per heavy atom. The molecule has 1 aliphatic heterocycles. The molecular weight excluding hydrogens is 365 g/mol. The van der Waals surface area contributed by atoms with Crippen molar-refractivity contribution >= 4 is 21.8 Å². The van der Waals surface area contributed by atoms with E-state index < -0.39 is 16.1 Å². The Hall–Kier alpha value is -1.77. The lowest BCUT2D eigenvalue weighted by Crippen LogP contribution is -2.31. The average Bonchev–Trinajstić information content (AvgIpc) is 2.62. The molecule has 0 aliphatic carbocycles. The number of sulfonamides is 1. The lowest BCUT2D eigenvalue weighted by Gasteiger charge is -2.26. The summed E-state index contributed by atoms with van der Waals surface area (Å²) in [7, 11) is -1.01. The van der Waals surface area contributed by atoms with Crippen LogP contribution >= 0.6 is 11.8 Å². The predicted octanol–water partition coefficient (Wildman–Crippen LogP) is 3.36. The van der Waals surface area contributed by atoms with Crippen molar-refractivity contribution in [2.24, 2.45) is 0 Å². The Balaban J connectivity index is 1.98. The number of hydrogen-bond donors (Lipinski definition) is 1. The topological polar surface area (TPSA) is 64.6 Å². The number of hydrogen-bond acceptors (Lipinski definition) is 5. The highest BCUT2D eigenvalue weighted by molar-refractivity contribution is 7.99. The predicted molar refractivity (Wildman–Crippen MR) is 94.3 cm³/mol. The molecule has 1 heterocycles. The van der Waals surface area contributed by atoms with Gasteiger partial charge in [-0.15, -0.1) is 11.8 Å². The highest BCUT2D eigenvalue weighted by Gasteiger charge is 2.29. The molecule has 0 unspecified atom stereocenters. The van der Waals surface area contributed by atoms with Gasteiger partial charge in [0, 0.05) is 17.0 Å². The minimum atomic E-state index is -3.88. The normalized spacial score (nSPS) is 17.0. The van der Waals surface area contributed by atoms with E-state index in [4.69, 9.17) is 9.47 Å². The zero-order chi connectivity index (χ0) is 18.0. The summed E-state index contributed by atoms with van der Waals surface area (Å²) >= 11 is 1.40. The Kier molecular flexibility index (Phi) is 5.21. The lowest BCUT2D eigenvalue weighted by atomic mass is 10.0. The summed E-state index contributed by atoms with van der Waals surface area (Å²) in [6.07, 6.45) is 0.576. The Labute approximate surface area is 150 Å². The molecule has 0 bridgehead atoms. The van der Waals surface area contributed by atoms with E-state index in [9.17, 15) is 12.8 Å². The van der Waals surface area contributed by atoms with Crippen LogP contribution in [0.5, 0.6) is 11.5 Å². The molecule has 0 saturated carbocycles. The molecule has 1 N–H and O–H groups in total. The van der Waals surface area contributed by atoms with Crippen molar-refractivity contribution in [3.05, 3.63) is 47.8 Å². The minimum absolute atomic E-state index is 0.00877. The van der Waals surface area contributed by atoms with Crippen molar-refractivity contribution < 1.29 is 22.3 Å². The van der Waals surface area contributed by atoms with Gasteiger partial charge in [-0.3, -0.25) is 0 Å².